The Hall–Kier alpha value is -4.63. The molecule has 206 valence electrons. The lowest BCUT2D eigenvalue weighted by Crippen LogP contribution is -2.32. The van der Waals surface area contributed by atoms with Crippen LogP contribution < -0.4 is 20.3 Å². The van der Waals surface area contributed by atoms with Gasteiger partial charge in [0.05, 0.1) is 24.0 Å². The molecule has 0 aromatic heterocycles. The number of benzene rings is 3. The second-order valence-electron chi connectivity index (χ2n) is 9.16. The zero-order valence-corrected chi connectivity index (χ0v) is 23.0. The molecule has 0 unspecified atom stereocenters. The van der Waals surface area contributed by atoms with Crippen molar-refractivity contribution >= 4 is 52.4 Å². The molecule has 1 heterocycles. The molecule has 0 aliphatic carbocycles. The monoisotopic (exact) mass is 561 g/mol. The van der Waals surface area contributed by atoms with Gasteiger partial charge in [-0.3, -0.25) is 14.4 Å². The van der Waals surface area contributed by atoms with Crippen molar-refractivity contribution < 1.29 is 28.7 Å². The van der Waals surface area contributed by atoms with Crippen LogP contribution >= 0.6 is 11.6 Å². The van der Waals surface area contributed by atoms with E-state index in [9.17, 15) is 19.2 Å². The summed E-state index contributed by atoms with van der Waals surface area (Å²) >= 11 is 6.23. The summed E-state index contributed by atoms with van der Waals surface area (Å²) in [6.45, 7) is 6.05. The minimum absolute atomic E-state index is 0.0491. The van der Waals surface area contributed by atoms with Crippen LogP contribution in [-0.2, 0) is 14.3 Å². The van der Waals surface area contributed by atoms with E-state index in [2.05, 4.69) is 10.6 Å². The van der Waals surface area contributed by atoms with Crippen LogP contribution in [0.5, 0.6) is 5.75 Å². The maximum absolute atomic E-state index is 13.1. The largest absolute Gasteiger partial charge is 0.491 e. The van der Waals surface area contributed by atoms with Crippen LogP contribution in [0.1, 0.15) is 47.9 Å². The third kappa shape index (κ3) is 6.50. The van der Waals surface area contributed by atoms with Crippen LogP contribution in [0.25, 0.3) is 0 Å². The van der Waals surface area contributed by atoms with E-state index < -0.39 is 17.8 Å². The van der Waals surface area contributed by atoms with Gasteiger partial charge in [-0.15, -0.1) is 0 Å². The lowest BCUT2D eigenvalue weighted by Gasteiger charge is -2.15. The third-order valence-corrected chi connectivity index (χ3v) is 6.08. The van der Waals surface area contributed by atoms with Gasteiger partial charge in [0.25, 0.3) is 17.7 Å². The number of carbonyl (C=O) groups excluding carboxylic acids is 4. The molecule has 40 heavy (non-hydrogen) atoms. The molecular weight excluding hydrogens is 534 g/mol. The fourth-order valence-corrected chi connectivity index (χ4v) is 4.02. The van der Waals surface area contributed by atoms with Crippen LogP contribution in [0.3, 0.4) is 0 Å². The highest BCUT2D eigenvalue weighted by Crippen LogP contribution is 2.30. The molecule has 3 aromatic carbocycles. The summed E-state index contributed by atoms with van der Waals surface area (Å²) in [5.41, 5.74) is 1.92. The first-order valence-corrected chi connectivity index (χ1v) is 13.1. The number of nitrogens with one attached hydrogen (secondary N) is 2. The van der Waals surface area contributed by atoms with Gasteiger partial charge >= 0.3 is 5.97 Å². The maximum Gasteiger partial charge on any atom is 0.338 e. The minimum Gasteiger partial charge on any atom is -0.491 e. The lowest BCUT2D eigenvalue weighted by atomic mass is 10.2. The second kappa shape index (κ2) is 12.5. The van der Waals surface area contributed by atoms with Crippen molar-refractivity contribution in [1.29, 1.82) is 0 Å². The summed E-state index contributed by atoms with van der Waals surface area (Å²) in [5, 5.41) is 5.42. The van der Waals surface area contributed by atoms with Gasteiger partial charge in [0.15, 0.2) is 0 Å². The molecule has 9 nitrogen and oxygen atoms in total. The number of imide groups is 1. The average Bonchev–Trinajstić information content (AvgIpc) is 3.15. The molecule has 1 aliphatic rings. The topological polar surface area (TPSA) is 114 Å². The Labute approximate surface area is 236 Å². The maximum atomic E-state index is 13.1. The predicted octanol–water partition coefficient (Wildman–Crippen LogP) is 5.73. The first-order valence-electron chi connectivity index (χ1n) is 12.7. The van der Waals surface area contributed by atoms with E-state index in [0.717, 1.165) is 4.90 Å². The summed E-state index contributed by atoms with van der Waals surface area (Å²) in [7, 11) is 0. The van der Waals surface area contributed by atoms with Gasteiger partial charge in [0.2, 0.25) is 0 Å². The number of hydrogen-bond acceptors (Lipinski definition) is 7. The molecule has 0 fully saturated rings. The van der Waals surface area contributed by atoms with E-state index in [4.69, 9.17) is 21.1 Å². The number of anilines is 3. The van der Waals surface area contributed by atoms with Crippen LogP contribution in [-0.4, -0.2) is 36.4 Å². The van der Waals surface area contributed by atoms with Gasteiger partial charge < -0.3 is 20.1 Å². The molecule has 0 radical (unpaired) electrons. The first-order chi connectivity index (χ1) is 19.2. The average molecular weight is 562 g/mol. The number of esters is 1. The van der Waals surface area contributed by atoms with Gasteiger partial charge in [-0.05, 0) is 93.1 Å². The Morgan fingerprint density at radius 3 is 2.05 bits per heavy atom. The summed E-state index contributed by atoms with van der Waals surface area (Å²) in [6, 6.07) is 19.3. The van der Waals surface area contributed by atoms with Gasteiger partial charge in [0, 0.05) is 16.9 Å². The van der Waals surface area contributed by atoms with Gasteiger partial charge in [-0.25, -0.2) is 9.69 Å². The molecule has 2 N–H and O–H groups in total. The van der Waals surface area contributed by atoms with E-state index in [1.54, 1.807) is 48.5 Å². The van der Waals surface area contributed by atoms with Crippen LogP contribution in [0.15, 0.2) is 83.5 Å². The summed E-state index contributed by atoms with van der Waals surface area (Å²) in [5.74, 6) is -1.45. The first kappa shape index (κ1) is 28.4. The molecule has 4 rings (SSSR count). The van der Waals surface area contributed by atoms with E-state index in [0.29, 0.717) is 41.3 Å². The quantitative estimate of drug-likeness (QED) is 0.240. The number of ether oxygens (including phenoxy) is 2. The number of rotatable bonds is 10. The van der Waals surface area contributed by atoms with Gasteiger partial charge in [-0.1, -0.05) is 18.5 Å². The molecular formula is C30H28ClN3O6. The van der Waals surface area contributed by atoms with Gasteiger partial charge in [0.1, 0.15) is 16.5 Å². The smallest absolute Gasteiger partial charge is 0.338 e. The van der Waals surface area contributed by atoms with E-state index in [-0.39, 0.29) is 28.4 Å². The Balaban J connectivity index is 1.40. The molecule has 3 amide bonds. The van der Waals surface area contributed by atoms with Crippen LogP contribution in [0, 0.1) is 0 Å². The second-order valence-corrected chi connectivity index (χ2v) is 9.54. The summed E-state index contributed by atoms with van der Waals surface area (Å²) in [6.07, 6.45) is 0.743. The van der Waals surface area contributed by atoms with Crippen LogP contribution in [0.2, 0.25) is 0 Å². The van der Waals surface area contributed by atoms with Crippen molar-refractivity contribution in [2.24, 2.45) is 0 Å². The van der Waals surface area contributed by atoms with Gasteiger partial charge in [-0.2, -0.15) is 0 Å². The minimum atomic E-state index is -0.698. The highest BCUT2D eigenvalue weighted by Gasteiger charge is 2.39. The highest BCUT2D eigenvalue weighted by molar-refractivity contribution is 6.53. The molecule has 3 aromatic rings. The normalized spacial score (nSPS) is 13.1. The van der Waals surface area contributed by atoms with Crippen molar-refractivity contribution in [1.82, 2.24) is 0 Å². The Morgan fingerprint density at radius 2 is 1.45 bits per heavy atom. The standard InChI is InChI=1S/C30H28ClN3O6/c1-4-17-39-30(38)20-7-13-23(14-8-20)34-28(36)25(31)26(29(34)37)32-21-9-5-19(6-10-21)27(35)33-22-11-15-24(16-12-22)40-18(2)3/h5-16,18,32H,4,17H2,1-3H3,(H,33,35). The number of carbonyl (C=O) groups is 4. The van der Waals surface area contributed by atoms with Crippen molar-refractivity contribution in [3.63, 3.8) is 0 Å². The van der Waals surface area contributed by atoms with Crippen molar-refractivity contribution in [3.05, 3.63) is 94.7 Å². The Morgan fingerprint density at radius 1 is 0.850 bits per heavy atom. The Kier molecular flexibility index (Phi) is 8.86. The van der Waals surface area contributed by atoms with Crippen molar-refractivity contribution in [2.75, 3.05) is 22.1 Å². The van der Waals surface area contributed by atoms with Crippen LogP contribution in [0.4, 0.5) is 17.1 Å². The number of nitrogens with zero attached hydrogens (tertiary/aromatic N) is 1. The fourth-order valence-electron chi connectivity index (χ4n) is 3.81. The number of halogens is 1. The SMILES string of the molecule is CCCOC(=O)c1ccc(N2C(=O)C(Cl)=C(Nc3ccc(C(=O)Nc4ccc(OC(C)C)cc4)cc3)C2=O)cc1. The molecule has 10 heteroatoms. The zero-order valence-electron chi connectivity index (χ0n) is 22.2. The molecule has 0 saturated heterocycles. The summed E-state index contributed by atoms with van der Waals surface area (Å²) < 4.78 is 10.7. The number of amides is 3. The fraction of sp³-hybridized carbons (Fsp3) is 0.200. The molecule has 0 spiro atoms. The zero-order chi connectivity index (χ0) is 28.8. The van der Waals surface area contributed by atoms with E-state index in [1.807, 2.05) is 20.8 Å². The highest BCUT2D eigenvalue weighted by atomic mass is 35.5. The lowest BCUT2D eigenvalue weighted by molar-refractivity contribution is -0.120. The third-order valence-electron chi connectivity index (χ3n) is 5.73. The van der Waals surface area contributed by atoms with Crippen molar-refractivity contribution in [2.45, 2.75) is 33.3 Å². The molecule has 0 atom stereocenters. The molecule has 0 bridgehead atoms. The summed E-state index contributed by atoms with van der Waals surface area (Å²) in [4.78, 5) is 51.5. The predicted molar refractivity (Wildman–Crippen MR) is 153 cm³/mol. The molecule has 0 saturated carbocycles. The molecule has 1 aliphatic heterocycles. The van der Waals surface area contributed by atoms with Crippen molar-refractivity contribution in [3.8, 4) is 5.75 Å². The number of hydrogen-bond donors (Lipinski definition) is 2. The Bertz CT molecular complexity index is 1450. The van der Waals surface area contributed by atoms with E-state index >= 15 is 0 Å². The van der Waals surface area contributed by atoms with E-state index in [1.165, 1.54) is 24.3 Å².